The maximum absolute atomic E-state index is 2.39. The van der Waals surface area contributed by atoms with E-state index in [4.69, 9.17) is 0 Å². The summed E-state index contributed by atoms with van der Waals surface area (Å²) < 4.78 is 0. The van der Waals surface area contributed by atoms with Crippen LogP contribution in [0, 0.1) is 17.3 Å². The number of hydrogen-bond acceptors (Lipinski definition) is 0. The van der Waals surface area contributed by atoms with Gasteiger partial charge in [-0.15, -0.1) is 0 Å². The van der Waals surface area contributed by atoms with E-state index < -0.39 is 0 Å². The topological polar surface area (TPSA) is 0 Å². The van der Waals surface area contributed by atoms with Gasteiger partial charge in [0.25, 0.3) is 0 Å². The fraction of sp³-hybridized carbons (Fsp3) is 0.846. The molecule has 0 radical (unpaired) electrons. The summed E-state index contributed by atoms with van der Waals surface area (Å²) in [6.45, 7) is 13.8. The molecule has 0 aliphatic carbocycles. The second kappa shape index (κ2) is 5.47. The lowest BCUT2D eigenvalue weighted by Crippen LogP contribution is -2.27. The van der Waals surface area contributed by atoms with E-state index >= 15 is 0 Å². The average Bonchev–Trinajstić information content (AvgIpc) is 2.05. The molecular weight excluding hydrogens is 156 g/mol. The number of hydrogen-bond donors (Lipinski definition) is 0. The molecular formula is C13H26. The average molecular weight is 182 g/mol. The lowest BCUT2D eigenvalue weighted by molar-refractivity contribution is 0.157. The Morgan fingerprint density at radius 2 is 1.77 bits per heavy atom. The Balaban J connectivity index is 4.49. The van der Waals surface area contributed by atoms with Crippen LogP contribution in [0.5, 0.6) is 0 Å². The van der Waals surface area contributed by atoms with Crippen LogP contribution >= 0.6 is 0 Å². The van der Waals surface area contributed by atoms with Gasteiger partial charge in [-0.1, -0.05) is 59.6 Å². The second-order valence-electron chi connectivity index (χ2n) is 4.74. The van der Waals surface area contributed by atoms with Crippen molar-refractivity contribution in [1.29, 1.82) is 0 Å². The molecule has 2 atom stereocenters. The van der Waals surface area contributed by atoms with E-state index in [-0.39, 0.29) is 0 Å². The van der Waals surface area contributed by atoms with Gasteiger partial charge in [-0.25, -0.2) is 0 Å². The Bertz CT molecular complexity index is 153. The number of allylic oxidation sites excluding steroid dienone is 2. The SMILES string of the molecule is CC=CC(C)C(CC)C(C)(C)CC. The fourth-order valence-electron chi connectivity index (χ4n) is 2.34. The van der Waals surface area contributed by atoms with Crippen molar-refractivity contribution in [2.45, 2.75) is 54.4 Å². The first-order valence-electron chi connectivity index (χ1n) is 5.62. The second-order valence-corrected chi connectivity index (χ2v) is 4.74. The summed E-state index contributed by atoms with van der Waals surface area (Å²) in [5.74, 6) is 1.53. The third-order valence-corrected chi connectivity index (χ3v) is 3.49. The maximum Gasteiger partial charge on any atom is -0.0229 e. The molecule has 0 aromatic carbocycles. The molecule has 0 fully saturated rings. The van der Waals surface area contributed by atoms with Crippen molar-refractivity contribution >= 4 is 0 Å². The highest BCUT2D eigenvalue weighted by Gasteiger charge is 2.29. The van der Waals surface area contributed by atoms with Gasteiger partial charge in [0.05, 0.1) is 0 Å². The lowest BCUT2D eigenvalue weighted by atomic mass is 9.69. The Kier molecular flexibility index (Phi) is 5.36. The Hall–Kier alpha value is -0.260. The van der Waals surface area contributed by atoms with Crippen LogP contribution in [-0.2, 0) is 0 Å². The largest absolute Gasteiger partial charge is 0.0914 e. The van der Waals surface area contributed by atoms with Crippen LogP contribution in [0.1, 0.15) is 54.4 Å². The van der Waals surface area contributed by atoms with Gasteiger partial charge in [-0.3, -0.25) is 0 Å². The highest BCUT2D eigenvalue weighted by molar-refractivity contribution is 4.91. The van der Waals surface area contributed by atoms with Crippen LogP contribution < -0.4 is 0 Å². The van der Waals surface area contributed by atoms with E-state index in [1.165, 1.54) is 12.8 Å². The normalized spacial score (nSPS) is 17.7. The molecule has 0 aromatic heterocycles. The zero-order valence-electron chi connectivity index (χ0n) is 10.2. The van der Waals surface area contributed by atoms with Gasteiger partial charge in [-0.05, 0) is 24.2 Å². The minimum absolute atomic E-state index is 0.480. The van der Waals surface area contributed by atoms with Crippen molar-refractivity contribution in [3.63, 3.8) is 0 Å². The first kappa shape index (κ1) is 12.7. The molecule has 0 aliphatic heterocycles. The minimum Gasteiger partial charge on any atom is -0.0914 e. The molecule has 78 valence electrons. The molecule has 0 nitrogen and oxygen atoms in total. The predicted molar refractivity (Wildman–Crippen MR) is 61.8 cm³/mol. The lowest BCUT2D eigenvalue weighted by Gasteiger charge is -2.36. The van der Waals surface area contributed by atoms with Gasteiger partial charge < -0.3 is 0 Å². The highest BCUT2D eigenvalue weighted by atomic mass is 14.3. The molecule has 0 bridgehead atoms. The van der Waals surface area contributed by atoms with Gasteiger partial charge in [0, 0.05) is 0 Å². The Labute approximate surface area is 84.4 Å². The molecule has 0 N–H and O–H groups in total. The van der Waals surface area contributed by atoms with Crippen molar-refractivity contribution in [2.75, 3.05) is 0 Å². The van der Waals surface area contributed by atoms with Crippen molar-refractivity contribution in [3.8, 4) is 0 Å². The molecule has 0 spiro atoms. The molecule has 0 heteroatoms. The van der Waals surface area contributed by atoms with Crippen molar-refractivity contribution in [2.24, 2.45) is 17.3 Å². The van der Waals surface area contributed by atoms with E-state index in [2.05, 4.69) is 53.7 Å². The third kappa shape index (κ3) is 3.54. The molecule has 13 heavy (non-hydrogen) atoms. The Morgan fingerprint density at radius 3 is 2.08 bits per heavy atom. The standard InChI is InChI=1S/C13H26/c1-7-10-11(4)12(8-2)13(5,6)9-3/h7,10-12H,8-9H2,1-6H3. The predicted octanol–water partition coefficient (Wildman–Crippen LogP) is 4.66. The minimum atomic E-state index is 0.480. The first-order valence-corrected chi connectivity index (χ1v) is 5.62. The molecule has 0 amide bonds. The van der Waals surface area contributed by atoms with E-state index in [9.17, 15) is 0 Å². The summed E-state index contributed by atoms with van der Waals surface area (Å²) in [5, 5.41) is 0. The van der Waals surface area contributed by atoms with Crippen LogP contribution in [0.3, 0.4) is 0 Å². The van der Waals surface area contributed by atoms with E-state index in [1.807, 2.05) is 0 Å². The van der Waals surface area contributed by atoms with Crippen molar-refractivity contribution < 1.29 is 0 Å². The number of rotatable bonds is 5. The first-order chi connectivity index (χ1) is 5.99. The summed E-state index contributed by atoms with van der Waals surface area (Å²) >= 11 is 0. The van der Waals surface area contributed by atoms with Crippen molar-refractivity contribution in [1.82, 2.24) is 0 Å². The molecule has 0 rings (SSSR count). The summed E-state index contributed by atoms with van der Waals surface area (Å²) in [6.07, 6.45) is 7.07. The molecule has 0 saturated carbocycles. The van der Waals surface area contributed by atoms with Crippen LogP contribution in [0.15, 0.2) is 12.2 Å². The van der Waals surface area contributed by atoms with Crippen molar-refractivity contribution in [3.05, 3.63) is 12.2 Å². The van der Waals surface area contributed by atoms with Gasteiger partial charge in [0.15, 0.2) is 0 Å². The van der Waals surface area contributed by atoms with E-state index in [0.29, 0.717) is 11.3 Å². The monoisotopic (exact) mass is 182 g/mol. The summed E-state index contributed by atoms with van der Waals surface area (Å²) in [6, 6.07) is 0. The van der Waals surface area contributed by atoms with Crippen LogP contribution in [0.25, 0.3) is 0 Å². The molecule has 0 aromatic rings. The van der Waals surface area contributed by atoms with Gasteiger partial charge >= 0.3 is 0 Å². The third-order valence-electron chi connectivity index (χ3n) is 3.49. The Morgan fingerprint density at radius 1 is 1.23 bits per heavy atom. The quantitative estimate of drug-likeness (QED) is 0.542. The fourth-order valence-corrected chi connectivity index (χ4v) is 2.34. The zero-order valence-corrected chi connectivity index (χ0v) is 10.2. The highest BCUT2D eigenvalue weighted by Crippen LogP contribution is 2.38. The summed E-state index contributed by atoms with van der Waals surface area (Å²) in [4.78, 5) is 0. The van der Waals surface area contributed by atoms with Crippen LogP contribution in [0.2, 0.25) is 0 Å². The van der Waals surface area contributed by atoms with Crippen LogP contribution in [0.4, 0.5) is 0 Å². The van der Waals surface area contributed by atoms with E-state index in [0.717, 1.165) is 5.92 Å². The zero-order chi connectivity index (χ0) is 10.5. The summed E-state index contributed by atoms with van der Waals surface area (Å²) in [7, 11) is 0. The maximum atomic E-state index is 2.39. The smallest absolute Gasteiger partial charge is 0.0229 e. The van der Waals surface area contributed by atoms with Gasteiger partial charge in [-0.2, -0.15) is 0 Å². The molecule has 0 aliphatic rings. The molecule has 0 saturated heterocycles. The van der Waals surface area contributed by atoms with Gasteiger partial charge in [0.2, 0.25) is 0 Å². The van der Waals surface area contributed by atoms with Gasteiger partial charge in [0.1, 0.15) is 0 Å². The molecule has 2 unspecified atom stereocenters. The van der Waals surface area contributed by atoms with E-state index in [1.54, 1.807) is 0 Å². The molecule has 0 heterocycles. The van der Waals surface area contributed by atoms with Crippen LogP contribution in [-0.4, -0.2) is 0 Å². The summed E-state index contributed by atoms with van der Waals surface area (Å²) in [5.41, 5.74) is 0.480.